The van der Waals surface area contributed by atoms with Crippen LogP contribution in [-0.4, -0.2) is 26.7 Å². The van der Waals surface area contributed by atoms with E-state index in [0.29, 0.717) is 24.5 Å². The number of hydrogen-bond acceptors (Lipinski definition) is 6. The van der Waals surface area contributed by atoms with E-state index in [0.717, 1.165) is 15.2 Å². The van der Waals surface area contributed by atoms with Crippen molar-refractivity contribution in [2.24, 2.45) is 7.05 Å². The van der Waals surface area contributed by atoms with Gasteiger partial charge in [0.15, 0.2) is 0 Å². The number of benzene rings is 1. The number of anilines is 1. The van der Waals surface area contributed by atoms with Gasteiger partial charge in [0.25, 0.3) is 0 Å². The summed E-state index contributed by atoms with van der Waals surface area (Å²) in [5, 5.41) is 16.6. The zero-order chi connectivity index (χ0) is 16.6. The monoisotopic (exact) mass is 331 g/mol. The Bertz CT molecular complexity index is 837. The summed E-state index contributed by atoms with van der Waals surface area (Å²) in [5.74, 6) is 0.506. The van der Waals surface area contributed by atoms with Crippen LogP contribution in [0.25, 0.3) is 10.2 Å². The van der Waals surface area contributed by atoms with Gasteiger partial charge in [-0.15, -0.1) is 11.3 Å². The van der Waals surface area contributed by atoms with Gasteiger partial charge in [0.05, 0.1) is 21.7 Å². The molecule has 3 rings (SSSR count). The summed E-state index contributed by atoms with van der Waals surface area (Å²) < 4.78 is 2.69. The SMILES string of the molecule is CCc1nn(C)c(N(C)Cc2nc3ccccc3s2)c1[N+](=O)[O-]. The van der Waals surface area contributed by atoms with Crippen LogP contribution in [0.2, 0.25) is 0 Å². The van der Waals surface area contributed by atoms with Gasteiger partial charge in [-0.25, -0.2) is 9.67 Å². The summed E-state index contributed by atoms with van der Waals surface area (Å²) in [6.45, 7) is 2.37. The number of fused-ring (bicyclic) bond motifs is 1. The Morgan fingerprint density at radius 1 is 1.39 bits per heavy atom. The Labute approximate surface area is 137 Å². The molecule has 0 aliphatic carbocycles. The Hall–Kier alpha value is -2.48. The van der Waals surface area contributed by atoms with Crippen LogP contribution in [0.5, 0.6) is 0 Å². The minimum atomic E-state index is -0.351. The minimum absolute atomic E-state index is 0.0820. The molecule has 0 radical (unpaired) electrons. The predicted octanol–water partition coefficient (Wildman–Crippen LogP) is 3.14. The van der Waals surface area contributed by atoms with Crippen LogP contribution < -0.4 is 4.90 Å². The van der Waals surface area contributed by atoms with Crippen LogP contribution in [0.3, 0.4) is 0 Å². The standard InChI is InChI=1S/C15H17N5O2S/c1-4-10-14(20(21)22)15(19(3)17-10)18(2)9-13-16-11-7-5-6-8-12(11)23-13/h5-8H,4,9H2,1-3H3. The van der Waals surface area contributed by atoms with Crippen LogP contribution in [0.4, 0.5) is 11.5 Å². The number of aryl methyl sites for hydroxylation is 2. The summed E-state index contributed by atoms with van der Waals surface area (Å²) in [7, 11) is 3.56. The van der Waals surface area contributed by atoms with Crippen LogP contribution >= 0.6 is 11.3 Å². The summed E-state index contributed by atoms with van der Waals surface area (Å²) >= 11 is 1.60. The van der Waals surface area contributed by atoms with Crippen LogP contribution in [0, 0.1) is 10.1 Å². The normalized spacial score (nSPS) is 11.1. The van der Waals surface area contributed by atoms with Crippen molar-refractivity contribution in [3.8, 4) is 0 Å². The zero-order valence-corrected chi connectivity index (χ0v) is 14.0. The van der Waals surface area contributed by atoms with Crippen molar-refractivity contribution in [1.82, 2.24) is 14.8 Å². The first-order valence-corrected chi connectivity index (χ1v) is 8.08. The molecule has 0 saturated carbocycles. The molecule has 2 heterocycles. The molecule has 7 nitrogen and oxygen atoms in total. The lowest BCUT2D eigenvalue weighted by molar-refractivity contribution is -0.384. The lowest BCUT2D eigenvalue weighted by Gasteiger charge is -2.16. The average molecular weight is 331 g/mol. The Morgan fingerprint density at radius 2 is 2.13 bits per heavy atom. The molecule has 0 amide bonds. The van der Waals surface area contributed by atoms with Crippen molar-refractivity contribution in [3.05, 3.63) is 45.1 Å². The topological polar surface area (TPSA) is 77.1 Å². The van der Waals surface area contributed by atoms with E-state index in [9.17, 15) is 10.1 Å². The van der Waals surface area contributed by atoms with Crippen LogP contribution in [-0.2, 0) is 20.0 Å². The van der Waals surface area contributed by atoms with Crippen LogP contribution in [0.1, 0.15) is 17.6 Å². The van der Waals surface area contributed by atoms with Crippen molar-refractivity contribution in [1.29, 1.82) is 0 Å². The summed E-state index contributed by atoms with van der Waals surface area (Å²) in [6.07, 6.45) is 0.527. The first kappa shape index (κ1) is 15.4. The third-order valence-electron chi connectivity index (χ3n) is 3.65. The van der Waals surface area contributed by atoms with E-state index >= 15 is 0 Å². The summed E-state index contributed by atoms with van der Waals surface area (Å²) in [5.41, 5.74) is 1.54. The number of nitrogens with zero attached hydrogens (tertiary/aromatic N) is 5. The smallest absolute Gasteiger partial charge is 0.334 e. The summed E-state index contributed by atoms with van der Waals surface area (Å²) in [4.78, 5) is 17.5. The number of rotatable bonds is 5. The molecule has 2 aromatic heterocycles. The third-order valence-corrected chi connectivity index (χ3v) is 4.67. The van der Waals surface area contributed by atoms with E-state index in [-0.39, 0.29) is 10.6 Å². The Morgan fingerprint density at radius 3 is 2.78 bits per heavy atom. The van der Waals surface area contributed by atoms with Gasteiger partial charge < -0.3 is 4.90 Å². The molecule has 1 aromatic carbocycles. The molecule has 0 atom stereocenters. The molecular formula is C15H17N5O2S. The maximum atomic E-state index is 11.4. The highest BCUT2D eigenvalue weighted by atomic mass is 32.1. The molecular weight excluding hydrogens is 314 g/mol. The van der Waals surface area contributed by atoms with Crippen molar-refractivity contribution < 1.29 is 4.92 Å². The van der Waals surface area contributed by atoms with Gasteiger partial charge in [0.2, 0.25) is 5.82 Å². The highest BCUT2D eigenvalue weighted by molar-refractivity contribution is 7.18. The molecule has 0 spiro atoms. The second kappa shape index (κ2) is 5.96. The van der Waals surface area contributed by atoms with E-state index in [1.54, 1.807) is 23.1 Å². The van der Waals surface area contributed by atoms with Gasteiger partial charge in [-0.05, 0) is 18.6 Å². The van der Waals surface area contributed by atoms with E-state index < -0.39 is 0 Å². The first-order valence-electron chi connectivity index (χ1n) is 7.27. The molecule has 0 N–H and O–H groups in total. The van der Waals surface area contributed by atoms with E-state index in [2.05, 4.69) is 10.1 Å². The molecule has 0 saturated heterocycles. The lowest BCUT2D eigenvalue weighted by atomic mass is 10.3. The summed E-state index contributed by atoms with van der Waals surface area (Å²) in [6, 6.07) is 7.93. The molecule has 0 aliphatic heterocycles. The van der Waals surface area contributed by atoms with Crippen molar-refractivity contribution in [2.75, 3.05) is 11.9 Å². The van der Waals surface area contributed by atoms with Gasteiger partial charge in [0.1, 0.15) is 10.7 Å². The molecule has 0 bridgehead atoms. The number of aromatic nitrogens is 3. The number of hydrogen-bond donors (Lipinski definition) is 0. The van der Waals surface area contributed by atoms with Gasteiger partial charge in [-0.1, -0.05) is 19.1 Å². The fourth-order valence-electron chi connectivity index (χ4n) is 2.68. The first-order chi connectivity index (χ1) is 11.0. The Balaban J connectivity index is 1.95. The Kier molecular flexibility index (Phi) is 3.99. The highest BCUT2D eigenvalue weighted by Gasteiger charge is 2.28. The zero-order valence-electron chi connectivity index (χ0n) is 13.2. The molecule has 0 aliphatic rings. The predicted molar refractivity (Wildman–Crippen MR) is 91.0 cm³/mol. The molecule has 0 fully saturated rings. The van der Waals surface area contributed by atoms with E-state index in [1.165, 1.54) is 0 Å². The van der Waals surface area contributed by atoms with Crippen molar-refractivity contribution in [2.45, 2.75) is 19.9 Å². The molecule has 3 aromatic rings. The maximum Gasteiger partial charge on any atom is 0.334 e. The molecule has 8 heteroatoms. The van der Waals surface area contributed by atoms with Gasteiger partial charge >= 0.3 is 5.69 Å². The van der Waals surface area contributed by atoms with Gasteiger partial charge in [0, 0.05) is 14.1 Å². The average Bonchev–Trinajstić information content (AvgIpc) is 3.06. The minimum Gasteiger partial charge on any atom is -0.347 e. The second-order valence-corrected chi connectivity index (χ2v) is 6.40. The largest absolute Gasteiger partial charge is 0.347 e. The molecule has 23 heavy (non-hydrogen) atoms. The number of nitro groups is 1. The third kappa shape index (κ3) is 2.77. The maximum absolute atomic E-state index is 11.4. The second-order valence-electron chi connectivity index (χ2n) is 5.28. The van der Waals surface area contributed by atoms with E-state index in [4.69, 9.17) is 0 Å². The van der Waals surface area contributed by atoms with Gasteiger partial charge in [-0.2, -0.15) is 5.10 Å². The van der Waals surface area contributed by atoms with Crippen LogP contribution in [0.15, 0.2) is 24.3 Å². The van der Waals surface area contributed by atoms with Crippen molar-refractivity contribution in [3.63, 3.8) is 0 Å². The highest BCUT2D eigenvalue weighted by Crippen LogP contribution is 2.32. The fourth-order valence-corrected chi connectivity index (χ4v) is 3.70. The molecule has 120 valence electrons. The number of para-hydroxylation sites is 1. The van der Waals surface area contributed by atoms with E-state index in [1.807, 2.05) is 43.1 Å². The quantitative estimate of drug-likeness (QED) is 0.530. The number of thiazole rings is 1. The van der Waals surface area contributed by atoms with Gasteiger partial charge in [-0.3, -0.25) is 10.1 Å². The lowest BCUT2D eigenvalue weighted by Crippen LogP contribution is -2.20. The molecule has 0 unspecified atom stereocenters. The fraction of sp³-hybridized carbons (Fsp3) is 0.333. The van der Waals surface area contributed by atoms with Crippen molar-refractivity contribution >= 4 is 33.1 Å².